The van der Waals surface area contributed by atoms with Crippen LogP contribution in [0.5, 0.6) is 5.75 Å². The number of aromatic nitrogens is 2. The highest BCUT2D eigenvalue weighted by atomic mass is 31.2. The van der Waals surface area contributed by atoms with Crippen molar-refractivity contribution in [2.75, 3.05) is 18.7 Å². The van der Waals surface area contributed by atoms with Gasteiger partial charge in [0.2, 0.25) is 0 Å². The van der Waals surface area contributed by atoms with Gasteiger partial charge in [0.05, 0.1) is 19.3 Å². The van der Waals surface area contributed by atoms with E-state index in [0.29, 0.717) is 0 Å². The molecule has 1 fully saturated rings. The Kier molecular flexibility index (Phi) is 9.79. The van der Waals surface area contributed by atoms with Crippen LogP contribution in [0.1, 0.15) is 27.0 Å². The van der Waals surface area contributed by atoms with E-state index in [2.05, 4.69) is 10.1 Å². The number of nitrogens with one attached hydrogen (secondary N) is 2. The van der Waals surface area contributed by atoms with Gasteiger partial charge in [0.25, 0.3) is 0 Å². The Morgan fingerprint density at radius 2 is 1.95 bits per heavy atom. The molecule has 1 saturated heterocycles. The molecule has 0 bridgehead atoms. The second-order valence-electron chi connectivity index (χ2n) is 8.32. The first-order valence-electron chi connectivity index (χ1n) is 11.5. The molecule has 3 rings (SSSR count). The average Bonchev–Trinajstić information content (AvgIpc) is 2.88. The van der Waals surface area contributed by atoms with Gasteiger partial charge in [0.1, 0.15) is 30.2 Å². The molecule has 1 aromatic carbocycles. The fraction of sp³-hybridized carbons (Fsp3) is 0.500. The van der Waals surface area contributed by atoms with E-state index < -0.39 is 62.5 Å². The van der Waals surface area contributed by atoms with Gasteiger partial charge >= 0.3 is 19.4 Å². The molecule has 2 aromatic rings. The molecule has 4 unspecified atom stereocenters. The molecule has 0 aliphatic carbocycles. The molecule has 0 radical (unpaired) electrons. The van der Waals surface area contributed by atoms with Gasteiger partial charge in [-0.1, -0.05) is 25.1 Å². The van der Waals surface area contributed by atoms with Crippen LogP contribution in [0.4, 0.5) is 5.82 Å². The Morgan fingerprint density at radius 1 is 1.24 bits per heavy atom. The Bertz CT molecular complexity index is 1150. The maximum atomic E-state index is 13.6. The van der Waals surface area contributed by atoms with Crippen LogP contribution in [0.25, 0.3) is 0 Å². The third-order valence-corrected chi connectivity index (χ3v) is 7.27. The summed E-state index contributed by atoms with van der Waals surface area (Å²) in [5.74, 6) is -1.35. The predicted octanol–water partition coefficient (Wildman–Crippen LogP) is 1.04. The van der Waals surface area contributed by atoms with Crippen molar-refractivity contribution in [3.05, 3.63) is 53.1 Å². The zero-order valence-electron chi connectivity index (χ0n) is 20.5. The normalized spacial score (nSPS) is 26.1. The largest absolute Gasteiger partial charge is 0.465 e. The SMILES string of the molecule is CCOC(=O)[C@H](C)NP(=O)(OC[C@H]1O[C@@H](n2ccc(NO)nc2=O)C(C)C(O)C1O)Oc1ccccc1. The molecule has 2 heterocycles. The Morgan fingerprint density at radius 3 is 2.57 bits per heavy atom. The van der Waals surface area contributed by atoms with Crippen LogP contribution < -0.4 is 20.8 Å². The molecular formula is C22H31N4O10P. The maximum absolute atomic E-state index is 13.6. The molecule has 0 saturated carbocycles. The first kappa shape index (κ1) is 28.7. The first-order valence-corrected chi connectivity index (χ1v) is 13.1. The number of rotatable bonds is 11. The lowest BCUT2D eigenvalue weighted by Gasteiger charge is -2.42. The highest BCUT2D eigenvalue weighted by Gasteiger charge is 2.45. The Balaban J connectivity index is 1.81. The number of para-hydroxylation sites is 1. The average molecular weight is 542 g/mol. The number of aliphatic hydroxyl groups is 2. The van der Waals surface area contributed by atoms with Gasteiger partial charge in [-0.05, 0) is 32.0 Å². The molecule has 14 nitrogen and oxygen atoms in total. The molecular weight excluding hydrogens is 511 g/mol. The fourth-order valence-corrected chi connectivity index (χ4v) is 5.15. The summed E-state index contributed by atoms with van der Waals surface area (Å²) in [6.07, 6.45) is -3.87. The predicted molar refractivity (Wildman–Crippen MR) is 129 cm³/mol. The van der Waals surface area contributed by atoms with Crippen molar-refractivity contribution in [2.45, 2.75) is 51.4 Å². The monoisotopic (exact) mass is 542 g/mol. The van der Waals surface area contributed by atoms with Gasteiger partial charge in [0.15, 0.2) is 5.82 Å². The smallest absolute Gasteiger partial charge is 0.459 e. The van der Waals surface area contributed by atoms with E-state index in [1.54, 1.807) is 37.5 Å². The van der Waals surface area contributed by atoms with Crippen molar-refractivity contribution in [1.82, 2.24) is 14.6 Å². The van der Waals surface area contributed by atoms with E-state index in [-0.39, 0.29) is 18.2 Å². The number of ether oxygens (including phenoxy) is 2. The number of anilines is 1. The molecule has 204 valence electrons. The van der Waals surface area contributed by atoms with E-state index in [4.69, 9.17) is 23.7 Å². The summed E-state index contributed by atoms with van der Waals surface area (Å²) in [5.41, 5.74) is 0.973. The van der Waals surface area contributed by atoms with Crippen molar-refractivity contribution < 1.29 is 43.3 Å². The van der Waals surface area contributed by atoms with Gasteiger partial charge in [-0.3, -0.25) is 24.6 Å². The highest BCUT2D eigenvalue weighted by Crippen LogP contribution is 2.46. The first-order chi connectivity index (χ1) is 17.6. The van der Waals surface area contributed by atoms with Crippen molar-refractivity contribution in [3.8, 4) is 5.75 Å². The number of carbonyl (C=O) groups is 1. The van der Waals surface area contributed by atoms with Crippen LogP contribution in [0, 0.1) is 5.92 Å². The quantitative estimate of drug-likeness (QED) is 0.154. The number of benzene rings is 1. The Hall–Kier alpha value is -2.84. The summed E-state index contributed by atoms with van der Waals surface area (Å²) in [4.78, 5) is 28.2. The van der Waals surface area contributed by atoms with Gasteiger partial charge in [-0.2, -0.15) is 10.1 Å². The number of carbonyl (C=O) groups excluding carboxylic acids is 1. The summed E-state index contributed by atoms with van der Waals surface area (Å²) in [7, 11) is -4.26. The van der Waals surface area contributed by atoms with Gasteiger partial charge < -0.3 is 24.2 Å². The Labute approximate surface area is 212 Å². The minimum absolute atomic E-state index is 0.0917. The molecule has 1 aromatic heterocycles. The molecule has 7 atom stereocenters. The molecule has 37 heavy (non-hydrogen) atoms. The van der Waals surface area contributed by atoms with E-state index in [9.17, 15) is 24.4 Å². The summed E-state index contributed by atoms with van der Waals surface area (Å²) >= 11 is 0. The van der Waals surface area contributed by atoms with E-state index >= 15 is 0 Å². The second kappa shape index (κ2) is 12.6. The van der Waals surface area contributed by atoms with E-state index in [0.717, 1.165) is 4.57 Å². The number of hydrogen-bond acceptors (Lipinski definition) is 12. The minimum Gasteiger partial charge on any atom is -0.465 e. The molecule has 5 N–H and O–H groups in total. The van der Waals surface area contributed by atoms with Crippen molar-refractivity contribution in [2.24, 2.45) is 5.92 Å². The maximum Gasteiger partial charge on any atom is 0.459 e. The summed E-state index contributed by atoms with van der Waals surface area (Å²) in [6.45, 7) is 4.16. The second-order valence-corrected chi connectivity index (χ2v) is 10.0. The fourth-order valence-electron chi connectivity index (χ4n) is 3.65. The van der Waals surface area contributed by atoms with Gasteiger partial charge in [-0.25, -0.2) is 9.36 Å². The summed E-state index contributed by atoms with van der Waals surface area (Å²) in [5, 5.41) is 32.7. The number of nitrogens with zero attached hydrogens (tertiary/aromatic N) is 2. The number of esters is 1. The molecule has 1 aliphatic heterocycles. The third-order valence-electron chi connectivity index (χ3n) is 5.62. The van der Waals surface area contributed by atoms with Gasteiger partial charge in [-0.15, -0.1) is 0 Å². The minimum atomic E-state index is -4.26. The molecule has 0 spiro atoms. The molecule has 15 heteroatoms. The van der Waals surface area contributed by atoms with Crippen LogP contribution in [0.15, 0.2) is 47.4 Å². The summed E-state index contributed by atoms with van der Waals surface area (Å²) < 4.78 is 36.6. The van der Waals surface area contributed by atoms with E-state index in [1.165, 1.54) is 31.3 Å². The van der Waals surface area contributed by atoms with Crippen molar-refractivity contribution in [1.29, 1.82) is 0 Å². The zero-order chi connectivity index (χ0) is 27.2. The number of hydrogen-bond donors (Lipinski definition) is 5. The van der Waals surface area contributed by atoms with E-state index in [1.807, 2.05) is 0 Å². The zero-order valence-corrected chi connectivity index (χ0v) is 21.4. The lowest BCUT2D eigenvalue weighted by Crippen LogP contribution is -2.54. The standard InChI is InChI=1S/C22H31N4O10P/c1-4-33-21(29)14(3)25-37(32,36-15-8-6-5-7-9-15)34-12-16-19(28)18(27)13(2)20(35-16)26-11-10-17(24-31)23-22(26)30/h5-11,13-14,16,18-20,27-28,31H,4,12H2,1-3H3,(H,25,32)(H,23,24,30)/t13?,14-,16+,18?,19?,20+,37?/m0/s1. The molecule has 0 amide bonds. The van der Waals surface area contributed by atoms with Crippen molar-refractivity contribution in [3.63, 3.8) is 0 Å². The number of aliphatic hydroxyl groups excluding tert-OH is 2. The highest BCUT2D eigenvalue weighted by molar-refractivity contribution is 7.52. The van der Waals surface area contributed by atoms with Crippen LogP contribution in [-0.2, 0) is 23.4 Å². The van der Waals surface area contributed by atoms with Crippen LogP contribution in [-0.4, -0.2) is 68.5 Å². The molecule has 1 aliphatic rings. The summed E-state index contributed by atoms with van der Waals surface area (Å²) in [6, 6.07) is 8.32. The van der Waals surface area contributed by atoms with Crippen LogP contribution >= 0.6 is 7.75 Å². The van der Waals surface area contributed by atoms with Crippen LogP contribution in [0.3, 0.4) is 0 Å². The lowest BCUT2D eigenvalue weighted by molar-refractivity contribution is -0.227. The topological polar surface area (TPSA) is 191 Å². The lowest BCUT2D eigenvalue weighted by atomic mass is 9.91. The van der Waals surface area contributed by atoms with Crippen molar-refractivity contribution >= 4 is 19.5 Å². The van der Waals surface area contributed by atoms with Crippen LogP contribution in [0.2, 0.25) is 0 Å². The third kappa shape index (κ3) is 7.14. The van der Waals surface area contributed by atoms with Gasteiger partial charge in [0, 0.05) is 12.1 Å².